The number of halogens is 2. The third-order valence-electron chi connectivity index (χ3n) is 8.83. The average molecular weight is 748 g/mol. The van der Waals surface area contributed by atoms with E-state index in [1.165, 1.54) is 48.5 Å². The van der Waals surface area contributed by atoms with E-state index in [1.807, 2.05) is 27.7 Å². The predicted molar refractivity (Wildman–Crippen MR) is 201 cm³/mol. The molecular weight excluding hydrogens is 696 g/mol. The molecule has 0 unspecified atom stereocenters. The largest absolute Gasteiger partial charge is 0.484 e. The van der Waals surface area contributed by atoms with Crippen LogP contribution in [0.25, 0.3) is 0 Å². The number of Topliss-reactive ketones (excluding diaryl/α,β-unsaturated/α-hetero) is 1. The van der Waals surface area contributed by atoms with Gasteiger partial charge in [0.15, 0.2) is 12.4 Å². The Kier molecular flexibility index (Phi) is 14.1. The third-order valence-corrected chi connectivity index (χ3v) is 8.83. The Balaban J connectivity index is 1.42. The number of esters is 1. The summed E-state index contributed by atoms with van der Waals surface area (Å²) in [6.45, 7) is 12.6. The summed E-state index contributed by atoms with van der Waals surface area (Å²) in [5.74, 6) is -2.91. The highest BCUT2D eigenvalue weighted by Crippen LogP contribution is 2.46. The van der Waals surface area contributed by atoms with Crippen molar-refractivity contribution in [2.24, 2.45) is 17.8 Å². The first kappa shape index (κ1) is 41.6. The van der Waals surface area contributed by atoms with Gasteiger partial charge in [0, 0.05) is 17.7 Å². The summed E-state index contributed by atoms with van der Waals surface area (Å²) in [5.41, 5.74) is 0.868. The molecule has 0 radical (unpaired) electrons. The van der Waals surface area contributed by atoms with E-state index in [0.717, 1.165) is 5.56 Å². The summed E-state index contributed by atoms with van der Waals surface area (Å²) < 4.78 is 38.4. The zero-order valence-corrected chi connectivity index (χ0v) is 32.0. The molecule has 290 valence electrons. The molecule has 4 atom stereocenters. The van der Waals surface area contributed by atoms with Crippen LogP contribution in [0.15, 0.2) is 72.8 Å². The van der Waals surface area contributed by atoms with Gasteiger partial charge in [-0.25, -0.2) is 13.6 Å². The topological polar surface area (TPSA) is 131 Å². The molecule has 1 heterocycles. The SMILES string of the molecule is CC(C)C[C@H](NC(=O)[C@@H](CC(C)C)NC(=O)COc1ccc([C@@H]2[C@@H](CCC(=O)c3ccc(F)cc3)C(=O)N2c2ccc(F)cc2)cc1)C(=O)OC(C)(C)C. The van der Waals surface area contributed by atoms with Crippen LogP contribution < -0.4 is 20.3 Å². The maximum absolute atomic E-state index is 13.7. The van der Waals surface area contributed by atoms with Crippen molar-refractivity contribution in [1.29, 1.82) is 0 Å². The molecule has 10 nitrogen and oxygen atoms in total. The average Bonchev–Trinajstić information content (AvgIpc) is 3.09. The molecule has 0 aliphatic carbocycles. The van der Waals surface area contributed by atoms with Gasteiger partial charge in [0.1, 0.15) is 35.1 Å². The summed E-state index contributed by atoms with van der Waals surface area (Å²) in [4.78, 5) is 67.2. The molecule has 3 aromatic carbocycles. The van der Waals surface area contributed by atoms with Crippen LogP contribution in [0.1, 0.15) is 96.1 Å². The number of carbonyl (C=O) groups excluding carboxylic acids is 5. The second-order valence-corrected chi connectivity index (χ2v) is 15.5. The van der Waals surface area contributed by atoms with Crippen molar-refractivity contribution in [3.05, 3.63) is 95.6 Å². The highest BCUT2D eigenvalue weighted by molar-refractivity contribution is 6.04. The molecule has 3 aromatic rings. The van der Waals surface area contributed by atoms with Crippen LogP contribution in [0.5, 0.6) is 5.75 Å². The minimum absolute atomic E-state index is 0.0531. The number of hydrogen-bond acceptors (Lipinski definition) is 7. The van der Waals surface area contributed by atoms with E-state index in [-0.39, 0.29) is 43.0 Å². The van der Waals surface area contributed by atoms with Crippen molar-refractivity contribution in [3.63, 3.8) is 0 Å². The van der Waals surface area contributed by atoms with Crippen LogP contribution in [-0.2, 0) is 23.9 Å². The number of anilines is 1. The van der Waals surface area contributed by atoms with Gasteiger partial charge in [-0.05, 0) is 118 Å². The molecule has 1 aliphatic rings. The second kappa shape index (κ2) is 18.3. The van der Waals surface area contributed by atoms with E-state index in [1.54, 1.807) is 49.9 Å². The fraction of sp³-hybridized carbons (Fsp3) is 0.452. The zero-order valence-electron chi connectivity index (χ0n) is 32.0. The number of amides is 3. The Labute approximate surface area is 316 Å². The highest BCUT2D eigenvalue weighted by Gasteiger charge is 2.48. The standard InChI is InChI=1S/C42H51F2N3O7/c1-25(2)22-34(39(50)46-35(23-26(3)4)41(52)54-42(5,6)7)45-37(49)24-53-32-18-10-28(11-19-32)38-33(20-21-36(48)27-8-12-29(43)13-9-27)40(51)47(38)31-16-14-30(44)15-17-31/h8-19,25-26,33-35,38H,20-24H2,1-7H3,(H,45,49)(H,46,50)/t33-,34-,35+,38-/m1/s1. The Morgan fingerprint density at radius 2 is 1.33 bits per heavy atom. The van der Waals surface area contributed by atoms with Crippen LogP contribution in [0.4, 0.5) is 14.5 Å². The number of ketones is 1. The molecule has 12 heteroatoms. The lowest BCUT2D eigenvalue weighted by atomic mass is 9.78. The van der Waals surface area contributed by atoms with E-state index in [0.29, 0.717) is 29.8 Å². The molecule has 0 spiro atoms. The summed E-state index contributed by atoms with van der Waals surface area (Å²) >= 11 is 0. The maximum atomic E-state index is 13.7. The van der Waals surface area contributed by atoms with E-state index in [2.05, 4.69) is 10.6 Å². The normalized spacial score (nSPS) is 16.7. The van der Waals surface area contributed by atoms with E-state index >= 15 is 0 Å². The number of benzene rings is 3. The van der Waals surface area contributed by atoms with E-state index in [9.17, 15) is 32.8 Å². The lowest BCUT2D eigenvalue weighted by Crippen LogP contribution is -2.55. The van der Waals surface area contributed by atoms with Crippen LogP contribution in [0.3, 0.4) is 0 Å². The smallest absolute Gasteiger partial charge is 0.329 e. The van der Waals surface area contributed by atoms with Crippen molar-refractivity contribution >= 4 is 35.2 Å². The molecule has 0 bridgehead atoms. The maximum Gasteiger partial charge on any atom is 0.329 e. The van der Waals surface area contributed by atoms with Gasteiger partial charge in [-0.15, -0.1) is 0 Å². The van der Waals surface area contributed by atoms with Crippen LogP contribution in [0, 0.1) is 29.4 Å². The van der Waals surface area contributed by atoms with Crippen molar-refractivity contribution in [3.8, 4) is 5.75 Å². The number of rotatable bonds is 17. The number of ether oxygens (including phenoxy) is 2. The Hall–Kier alpha value is -5.13. The van der Waals surface area contributed by atoms with Gasteiger partial charge in [0.2, 0.25) is 11.8 Å². The lowest BCUT2D eigenvalue weighted by molar-refractivity contribution is -0.159. The van der Waals surface area contributed by atoms with Crippen molar-refractivity contribution in [2.75, 3.05) is 11.5 Å². The van der Waals surface area contributed by atoms with Gasteiger partial charge in [0.25, 0.3) is 5.91 Å². The van der Waals surface area contributed by atoms with Crippen LogP contribution in [-0.4, -0.2) is 53.8 Å². The van der Waals surface area contributed by atoms with Gasteiger partial charge < -0.3 is 25.0 Å². The molecule has 1 fully saturated rings. The van der Waals surface area contributed by atoms with E-state index in [4.69, 9.17) is 9.47 Å². The zero-order chi connectivity index (χ0) is 39.7. The first-order valence-corrected chi connectivity index (χ1v) is 18.3. The second-order valence-electron chi connectivity index (χ2n) is 15.5. The fourth-order valence-electron chi connectivity index (χ4n) is 6.35. The third kappa shape index (κ3) is 11.7. The van der Waals surface area contributed by atoms with Gasteiger partial charge in [-0.2, -0.15) is 0 Å². The Bertz CT molecular complexity index is 1770. The highest BCUT2D eigenvalue weighted by atomic mass is 19.1. The minimum atomic E-state index is -0.916. The number of β-lactam (4-membered cyclic amide) rings is 1. The van der Waals surface area contributed by atoms with Gasteiger partial charge in [-0.3, -0.25) is 19.2 Å². The molecule has 3 amide bonds. The number of nitrogens with zero attached hydrogens (tertiary/aromatic N) is 1. The molecule has 54 heavy (non-hydrogen) atoms. The fourth-order valence-corrected chi connectivity index (χ4v) is 6.35. The summed E-state index contributed by atoms with van der Waals surface area (Å²) in [7, 11) is 0. The van der Waals surface area contributed by atoms with Gasteiger partial charge in [-0.1, -0.05) is 39.8 Å². The number of hydrogen-bond donors (Lipinski definition) is 2. The quantitative estimate of drug-likeness (QED) is 0.0855. The molecule has 0 saturated carbocycles. The predicted octanol–water partition coefficient (Wildman–Crippen LogP) is 7.11. The molecule has 1 aliphatic heterocycles. The summed E-state index contributed by atoms with van der Waals surface area (Å²) in [6.07, 6.45) is 1.02. The monoisotopic (exact) mass is 747 g/mol. The molecule has 0 aromatic heterocycles. The summed E-state index contributed by atoms with van der Waals surface area (Å²) in [5, 5.41) is 5.53. The van der Waals surface area contributed by atoms with Crippen molar-refractivity contribution in [2.45, 2.75) is 97.9 Å². The van der Waals surface area contributed by atoms with Crippen LogP contribution in [0.2, 0.25) is 0 Å². The molecule has 2 N–H and O–H groups in total. The van der Waals surface area contributed by atoms with Gasteiger partial charge in [0.05, 0.1) is 12.0 Å². The van der Waals surface area contributed by atoms with Crippen molar-refractivity contribution < 1.29 is 42.2 Å². The summed E-state index contributed by atoms with van der Waals surface area (Å²) in [6, 6.07) is 15.4. The molecule has 4 rings (SSSR count). The Morgan fingerprint density at radius 1 is 0.778 bits per heavy atom. The van der Waals surface area contributed by atoms with Gasteiger partial charge >= 0.3 is 5.97 Å². The minimum Gasteiger partial charge on any atom is -0.484 e. The first-order chi connectivity index (χ1) is 25.4. The molecular formula is C42H51F2N3O7. The Morgan fingerprint density at radius 3 is 1.89 bits per heavy atom. The van der Waals surface area contributed by atoms with Crippen molar-refractivity contribution in [1.82, 2.24) is 10.6 Å². The number of nitrogens with one attached hydrogen (secondary N) is 2. The number of carbonyl (C=O) groups is 5. The van der Waals surface area contributed by atoms with E-state index < -0.39 is 59.1 Å². The molecule has 1 saturated heterocycles. The van der Waals surface area contributed by atoms with Crippen LogP contribution >= 0.6 is 0 Å². The first-order valence-electron chi connectivity index (χ1n) is 18.3. The lowest BCUT2D eigenvalue weighted by Gasteiger charge is -2.47.